The van der Waals surface area contributed by atoms with Crippen LogP contribution in [-0.4, -0.2) is 27.0 Å². The Morgan fingerprint density at radius 1 is 1.24 bits per heavy atom. The second-order valence-corrected chi connectivity index (χ2v) is 7.37. The number of benzene rings is 1. The molecule has 0 unspecified atom stereocenters. The minimum absolute atomic E-state index is 0.0411. The van der Waals surface area contributed by atoms with Crippen molar-refractivity contribution in [3.05, 3.63) is 35.2 Å². The lowest BCUT2D eigenvalue weighted by Crippen LogP contribution is -2.43. The number of hydrogen-bond acceptors (Lipinski definition) is 4. The fraction of sp³-hybridized carbons (Fsp3) is 0.526. The first kappa shape index (κ1) is 17.9. The molecule has 0 N–H and O–H groups in total. The first-order chi connectivity index (χ1) is 12.0. The summed E-state index contributed by atoms with van der Waals surface area (Å²) >= 11 is 5.92. The average Bonchev–Trinajstić information content (AvgIpc) is 3.09. The lowest BCUT2D eigenvalue weighted by molar-refractivity contribution is -0.138. The van der Waals surface area contributed by atoms with Crippen molar-refractivity contribution in [2.24, 2.45) is 5.92 Å². The third kappa shape index (κ3) is 4.40. The van der Waals surface area contributed by atoms with Crippen molar-refractivity contribution in [2.75, 3.05) is 0 Å². The van der Waals surface area contributed by atoms with E-state index < -0.39 is 0 Å². The summed E-state index contributed by atoms with van der Waals surface area (Å²) in [6.45, 7) is 4.25. The number of carbonyl (C=O) groups excluding carboxylic acids is 1. The fourth-order valence-electron chi connectivity index (χ4n) is 3.29. The topological polar surface area (TPSA) is 59.2 Å². The zero-order valence-electron chi connectivity index (χ0n) is 14.7. The largest absolute Gasteiger partial charge is 0.337 e. The molecule has 25 heavy (non-hydrogen) atoms. The predicted octanol–water partition coefficient (Wildman–Crippen LogP) is 4.71. The molecule has 6 heteroatoms. The molecule has 1 aliphatic rings. The summed E-state index contributed by atoms with van der Waals surface area (Å²) in [7, 11) is 0. The molecule has 0 aliphatic heterocycles. The maximum Gasteiger partial charge on any atom is 0.246 e. The van der Waals surface area contributed by atoms with Crippen LogP contribution in [0.5, 0.6) is 0 Å². The molecule has 1 amide bonds. The summed E-state index contributed by atoms with van der Waals surface area (Å²) in [4.78, 5) is 19.1. The number of aromatic nitrogens is 2. The van der Waals surface area contributed by atoms with Crippen LogP contribution in [0.3, 0.4) is 0 Å². The summed E-state index contributed by atoms with van der Waals surface area (Å²) in [5.74, 6) is 1.11. The van der Waals surface area contributed by atoms with Gasteiger partial charge in [-0.2, -0.15) is 4.98 Å². The van der Waals surface area contributed by atoms with E-state index in [4.69, 9.17) is 16.1 Å². The van der Waals surface area contributed by atoms with Crippen LogP contribution in [-0.2, 0) is 11.3 Å². The minimum atomic E-state index is -0.0411. The van der Waals surface area contributed by atoms with E-state index in [1.807, 2.05) is 30.9 Å². The Labute approximate surface area is 153 Å². The first-order valence-corrected chi connectivity index (χ1v) is 9.31. The van der Waals surface area contributed by atoms with Crippen molar-refractivity contribution in [1.29, 1.82) is 0 Å². The van der Waals surface area contributed by atoms with Gasteiger partial charge >= 0.3 is 0 Å². The van der Waals surface area contributed by atoms with Crippen molar-refractivity contribution in [3.63, 3.8) is 0 Å². The highest BCUT2D eigenvalue weighted by Gasteiger charge is 2.28. The number of amides is 1. The standard InChI is InChI=1S/C19H24ClN3O2/c1-13(2)19(24)23(16-6-4-3-5-7-16)12-17-21-18(22-25-17)14-8-10-15(20)11-9-14/h8-11,13,16H,3-7,12H2,1-2H3. The van der Waals surface area contributed by atoms with E-state index >= 15 is 0 Å². The average molecular weight is 362 g/mol. The molecule has 0 radical (unpaired) electrons. The molecule has 1 aromatic heterocycles. The number of carbonyl (C=O) groups is 1. The van der Waals surface area contributed by atoms with E-state index in [-0.39, 0.29) is 17.9 Å². The van der Waals surface area contributed by atoms with Crippen LogP contribution in [0, 0.1) is 5.92 Å². The van der Waals surface area contributed by atoms with Crippen LogP contribution in [0.4, 0.5) is 0 Å². The van der Waals surface area contributed by atoms with Crippen LogP contribution in [0.15, 0.2) is 28.8 Å². The quantitative estimate of drug-likeness (QED) is 0.773. The Bertz CT molecular complexity index is 706. The van der Waals surface area contributed by atoms with Gasteiger partial charge in [0.1, 0.15) is 6.54 Å². The van der Waals surface area contributed by atoms with E-state index in [0.717, 1.165) is 18.4 Å². The van der Waals surface area contributed by atoms with Gasteiger partial charge < -0.3 is 9.42 Å². The zero-order valence-corrected chi connectivity index (χ0v) is 15.5. The highest BCUT2D eigenvalue weighted by molar-refractivity contribution is 6.30. The van der Waals surface area contributed by atoms with Gasteiger partial charge in [0.15, 0.2) is 0 Å². The van der Waals surface area contributed by atoms with Crippen molar-refractivity contribution in [3.8, 4) is 11.4 Å². The molecule has 134 valence electrons. The van der Waals surface area contributed by atoms with Gasteiger partial charge in [-0.15, -0.1) is 0 Å². The second-order valence-electron chi connectivity index (χ2n) is 6.93. The SMILES string of the molecule is CC(C)C(=O)N(Cc1nc(-c2ccc(Cl)cc2)no1)C1CCCCC1. The molecule has 1 aromatic carbocycles. The summed E-state index contributed by atoms with van der Waals surface area (Å²) in [6.07, 6.45) is 5.70. The molecule has 0 bridgehead atoms. The van der Waals surface area contributed by atoms with Gasteiger partial charge in [-0.05, 0) is 37.1 Å². The number of halogens is 1. The maximum absolute atomic E-state index is 12.7. The van der Waals surface area contributed by atoms with Gasteiger partial charge in [0.05, 0.1) is 0 Å². The summed E-state index contributed by atoms with van der Waals surface area (Å²) in [5.41, 5.74) is 0.846. The minimum Gasteiger partial charge on any atom is -0.337 e. The van der Waals surface area contributed by atoms with Crippen LogP contribution < -0.4 is 0 Å². The molecular weight excluding hydrogens is 338 g/mol. The van der Waals surface area contributed by atoms with Gasteiger partial charge in [0, 0.05) is 22.5 Å². The second kappa shape index (κ2) is 8.00. The number of nitrogens with zero attached hydrogens (tertiary/aromatic N) is 3. The Kier molecular flexibility index (Phi) is 5.74. The monoisotopic (exact) mass is 361 g/mol. The van der Waals surface area contributed by atoms with E-state index in [1.165, 1.54) is 19.3 Å². The molecule has 1 aliphatic carbocycles. The normalized spacial score (nSPS) is 15.5. The van der Waals surface area contributed by atoms with Crippen molar-refractivity contribution in [2.45, 2.75) is 58.5 Å². The molecular formula is C19H24ClN3O2. The van der Waals surface area contributed by atoms with Crippen LogP contribution in [0.1, 0.15) is 51.8 Å². The molecule has 3 rings (SSSR count). The van der Waals surface area contributed by atoms with Gasteiger partial charge in [0.2, 0.25) is 17.6 Å². The molecule has 0 saturated heterocycles. The third-order valence-electron chi connectivity index (χ3n) is 4.67. The Morgan fingerprint density at radius 3 is 2.56 bits per heavy atom. The van der Waals surface area contributed by atoms with Gasteiger partial charge in [-0.25, -0.2) is 0 Å². The van der Waals surface area contributed by atoms with Crippen LogP contribution in [0.2, 0.25) is 5.02 Å². The molecule has 1 fully saturated rings. The number of hydrogen-bond donors (Lipinski definition) is 0. The smallest absolute Gasteiger partial charge is 0.246 e. The Morgan fingerprint density at radius 2 is 1.92 bits per heavy atom. The van der Waals surface area contributed by atoms with E-state index in [1.54, 1.807) is 12.1 Å². The Balaban J connectivity index is 1.77. The maximum atomic E-state index is 12.7. The van der Waals surface area contributed by atoms with Gasteiger partial charge in [-0.1, -0.05) is 49.9 Å². The lowest BCUT2D eigenvalue weighted by Gasteiger charge is -2.34. The molecule has 0 atom stereocenters. The third-order valence-corrected chi connectivity index (χ3v) is 4.92. The summed E-state index contributed by atoms with van der Waals surface area (Å²) in [6, 6.07) is 7.58. The van der Waals surface area contributed by atoms with E-state index in [0.29, 0.717) is 23.3 Å². The summed E-state index contributed by atoms with van der Waals surface area (Å²) in [5, 5.41) is 4.72. The van der Waals surface area contributed by atoms with Gasteiger partial charge in [-0.3, -0.25) is 4.79 Å². The molecule has 5 nitrogen and oxygen atoms in total. The highest BCUT2D eigenvalue weighted by Crippen LogP contribution is 2.26. The molecule has 1 saturated carbocycles. The Hall–Kier alpha value is -1.88. The van der Waals surface area contributed by atoms with E-state index in [2.05, 4.69) is 10.1 Å². The van der Waals surface area contributed by atoms with Gasteiger partial charge in [0.25, 0.3) is 0 Å². The molecule has 1 heterocycles. The van der Waals surface area contributed by atoms with E-state index in [9.17, 15) is 4.79 Å². The fourth-order valence-corrected chi connectivity index (χ4v) is 3.42. The molecule has 2 aromatic rings. The van der Waals surface area contributed by atoms with Crippen LogP contribution >= 0.6 is 11.6 Å². The highest BCUT2D eigenvalue weighted by atomic mass is 35.5. The van der Waals surface area contributed by atoms with Crippen LogP contribution in [0.25, 0.3) is 11.4 Å². The zero-order chi connectivity index (χ0) is 17.8. The predicted molar refractivity (Wildman–Crippen MR) is 97.0 cm³/mol. The molecule has 0 spiro atoms. The summed E-state index contributed by atoms with van der Waals surface area (Å²) < 4.78 is 5.41. The van der Waals surface area contributed by atoms with Crippen molar-refractivity contribution < 1.29 is 9.32 Å². The van der Waals surface area contributed by atoms with Crippen molar-refractivity contribution >= 4 is 17.5 Å². The van der Waals surface area contributed by atoms with Crippen molar-refractivity contribution in [1.82, 2.24) is 15.0 Å². The lowest BCUT2D eigenvalue weighted by atomic mass is 9.93. The first-order valence-electron chi connectivity index (χ1n) is 8.93. The number of rotatable bonds is 5.